The van der Waals surface area contributed by atoms with Crippen LogP contribution < -0.4 is 15.4 Å². The van der Waals surface area contributed by atoms with Gasteiger partial charge in [0.25, 0.3) is 0 Å². The first-order valence-electron chi connectivity index (χ1n) is 5.29. The fourth-order valence-corrected chi connectivity index (χ4v) is 2.59. The van der Waals surface area contributed by atoms with E-state index in [-0.39, 0.29) is 0 Å². The SMILES string of the molecule is CCN(CCOC)c1sc(C#N)c(N)c1OC. The van der Waals surface area contributed by atoms with Crippen LogP contribution in [-0.4, -0.2) is 33.9 Å². The van der Waals surface area contributed by atoms with Crippen LogP contribution in [0.2, 0.25) is 0 Å². The van der Waals surface area contributed by atoms with Gasteiger partial charge in [0.15, 0.2) is 5.75 Å². The Bertz CT molecular complexity index is 412. The summed E-state index contributed by atoms with van der Waals surface area (Å²) in [5.41, 5.74) is 6.27. The summed E-state index contributed by atoms with van der Waals surface area (Å²) < 4.78 is 10.3. The van der Waals surface area contributed by atoms with Gasteiger partial charge in [0.1, 0.15) is 21.6 Å². The number of methoxy groups -OCH3 is 2. The molecule has 0 fully saturated rings. The fraction of sp³-hybridized carbons (Fsp3) is 0.545. The first kappa shape index (κ1) is 13.6. The van der Waals surface area contributed by atoms with E-state index in [1.54, 1.807) is 14.2 Å². The second-order valence-corrected chi connectivity index (χ2v) is 4.37. The molecule has 1 rings (SSSR count). The minimum Gasteiger partial charge on any atom is -0.492 e. The van der Waals surface area contributed by atoms with Crippen LogP contribution in [0.3, 0.4) is 0 Å². The molecular formula is C11H17N3O2S. The molecule has 5 nitrogen and oxygen atoms in total. The van der Waals surface area contributed by atoms with Gasteiger partial charge in [-0.25, -0.2) is 0 Å². The molecule has 0 spiro atoms. The van der Waals surface area contributed by atoms with Crippen molar-refractivity contribution in [1.82, 2.24) is 0 Å². The lowest BCUT2D eigenvalue weighted by Gasteiger charge is -2.21. The summed E-state index contributed by atoms with van der Waals surface area (Å²) in [5, 5.41) is 9.85. The van der Waals surface area contributed by atoms with E-state index >= 15 is 0 Å². The summed E-state index contributed by atoms with van der Waals surface area (Å²) in [6.07, 6.45) is 0. The van der Waals surface area contributed by atoms with Crippen LogP contribution in [0, 0.1) is 11.3 Å². The number of hydrogen-bond acceptors (Lipinski definition) is 6. The fourth-order valence-electron chi connectivity index (χ4n) is 1.51. The third-order valence-electron chi connectivity index (χ3n) is 2.42. The molecule has 0 aliphatic rings. The van der Waals surface area contributed by atoms with Gasteiger partial charge in [-0.3, -0.25) is 0 Å². The Kier molecular flexibility index (Phi) is 5.07. The zero-order valence-corrected chi connectivity index (χ0v) is 11.1. The Labute approximate surface area is 105 Å². The number of thiophene rings is 1. The molecule has 0 unspecified atom stereocenters. The molecule has 1 aromatic rings. The molecule has 0 aliphatic carbocycles. The number of hydrogen-bond donors (Lipinski definition) is 1. The van der Waals surface area contributed by atoms with Crippen LogP contribution in [-0.2, 0) is 4.74 Å². The second kappa shape index (κ2) is 6.33. The lowest BCUT2D eigenvalue weighted by Crippen LogP contribution is -2.26. The molecule has 2 N–H and O–H groups in total. The van der Waals surface area contributed by atoms with Crippen LogP contribution in [0.5, 0.6) is 5.75 Å². The number of anilines is 2. The Hall–Kier alpha value is -1.45. The van der Waals surface area contributed by atoms with Crippen molar-refractivity contribution in [2.75, 3.05) is 44.5 Å². The zero-order valence-electron chi connectivity index (χ0n) is 10.3. The molecule has 0 bridgehead atoms. The van der Waals surface area contributed by atoms with Crippen LogP contribution >= 0.6 is 11.3 Å². The van der Waals surface area contributed by atoms with E-state index in [2.05, 4.69) is 11.0 Å². The quantitative estimate of drug-likeness (QED) is 0.837. The van der Waals surface area contributed by atoms with Crippen molar-refractivity contribution in [1.29, 1.82) is 5.26 Å². The van der Waals surface area contributed by atoms with Gasteiger partial charge in [-0.15, -0.1) is 11.3 Å². The smallest absolute Gasteiger partial charge is 0.177 e. The van der Waals surface area contributed by atoms with Crippen molar-refractivity contribution >= 4 is 22.0 Å². The number of rotatable bonds is 6. The molecule has 1 aromatic heterocycles. The van der Waals surface area contributed by atoms with Gasteiger partial charge in [-0.2, -0.15) is 5.26 Å². The molecule has 94 valence electrons. The largest absolute Gasteiger partial charge is 0.492 e. The van der Waals surface area contributed by atoms with Crippen LogP contribution in [0.15, 0.2) is 0 Å². The van der Waals surface area contributed by atoms with Crippen LogP contribution in [0.1, 0.15) is 11.8 Å². The topological polar surface area (TPSA) is 71.5 Å². The minimum absolute atomic E-state index is 0.422. The predicted octanol–water partition coefficient (Wildman–Crippen LogP) is 1.68. The number of likely N-dealkylation sites (N-methyl/N-ethyl adjacent to an activating group) is 1. The number of nitrogen functional groups attached to an aromatic ring is 1. The molecule has 0 amide bonds. The van der Waals surface area contributed by atoms with E-state index in [0.29, 0.717) is 22.9 Å². The van der Waals surface area contributed by atoms with E-state index in [4.69, 9.17) is 20.5 Å². The predicted molar refractivity (Wildman–Crippen MR) is 69.8 cm³/mol. The maximum absolute atomic E-state index is 8.96. The Balaban J connectivity index is 3.06. The van der Waals surface area contributed by atoms with Gasteiger partial charge >= 0.3 is 0 Å². The monoisotopic (exact) mass is 255 g/mol. The van der Waals surface area contributed by atoms with Crippen molar-refractivity contribution in [3.63, 3.8) is 0 Å². The van der Waals surface area contributed by atoms with E-state index < -0.39 is 0 Å². The maximum Gasteiger partial charge on any atom is 0.177 e. The summed E-state index contributed by atoms with van der Waals surface area (Å²) in [5.74, 6) is 0.588. The van der Waals surface area contributed by atoms with Crippen molar-refractivity contribution in [3.8, 4) is 11.8 Å². The summed E-state index contributed by atoms with van der Waals surface area (Å²) in [6.45, 7) is 4.21. The molecule has 0 radical (unpaired) electrons. The maximum atomic E-state index is 8.96. The average Bonchev–Trinajstić information content (AvgIpc) is 2.67. The molecule has 0 saturated carbocycles. The minimum atomic E-state index is 0.422. The Morgan fingerprint density at radius 1 is 1.47 bits per heavy atom. The number of nitrogens with two attached hydrogens (primary N) is 1. The Morgan fingerprint density at radius 2 is 2.18 bits per heavy atom. The van der Waals surface area contributed by atoms with E-state index in [1.807, 2.05) is 6.92 Å². The third-order valence-corrected chi connectivity index (χ3v) is 3.57. The lowest BCUT2D eigenvalue weighted by molar-refractivity contribution is 0.205. The number of nitriles is 1. The summed E-state index contributed by atoms with van der Waals surface area (Å²) >= 11 is 1.35. The van der Waals surface area contributed by atoms with E-state index in [9.17, 15) is 0 Å². The lowest BCUT2D eigenvalue weighted by atomic mass is 10.3. The first-order chi connectivity index (χ1) is 8.19. The van der Waals surface area contributed by atoms with Gasteiger partial charge in [-0.05, 0) is 6.92 Å². The van der Waals surface area contributed by atoms with Crippen molar-refractivity contribution in [3.05, 3.63) is 4.88 Å². The first-order valence-corrected chi connectivity index (χ1v) is 6.11. The highest BCUT2D eigenvalue weighted by atomic mass is 32.1. The molecule has 0 aromatic carbocycles. The highest BCUT2D eigenvalue weighted by Crippen LogP contribution is 2.44. The van der Waals surface area contributed by atoms with Gasteiger partial charge in [-0.1, -0.05) is 0 Å². The van der Waals surface area contributed by atoms with Crippen LogP contribution in [0.4, 0.5) is 10.7 Å². The van der Waals surface area contributed by atoms with Crippen molar-refractivity contribution < 1.29 is 9.47 Å². The van der Waals surface area contributed by atoms with Gasteiger partial charge < -0.3 is 20.1 Å². The highest BCUT2D eigenvalue weighted by Gasteiger charge is 2.20. The van der Waals surface area contributed by atoms with Crippen molar-refractivity contribution in [2.24, 2.45) is 0 Å². The summed E-state index contributed by atoms with van der Waals surface area (Å²) in [7, 11) is 3.22. The van der Waals surface area contributed by atoms with Crippen molar-refractivity contribution in [2.45, 2.75) is 6.92 Å². The zero-order chi connectivity index (χ0) is 12.8. The third kappa shape index (κ3) is 2.81. The summed E-state index contributed by atoms with van der Waals surface area (Å²) in [6, 6.07) is 2.08. The van der Waals surface area contributed by atoms with E-state index in [0.717, 1.165) is 18.1 Å². The molecule has 0 saturated heterocycles. The number of nitrogens with zero attached hydrogens (tertiary/aromatic N) is 2. The number of ether oxygens (including phenoxy) is 2. The highest BCUT2D eigenvalue weighted by molar-refractivity contribution is 7.17. The summed E-state index contributed by atoms with van der Waals surface area (Å²) in [4.78, 5) is 2.58. The van der Waals surface area contributed by atoms with Gasteiger partial charge in [0.05, 0.1) is 13.7 Å². The molecule has 0 atom stereocenters. The molecule has 17 heavy (non-hydrogen) atoms. The molecular weight excluding hydrogens is 238 g/mol. The Morgan fingerprint density at radius 3 is 2.65 bits per heavy atom. The normalized spacial score (nSPS) is 10.0. The molecule has 6 heteroatoms. The molecule has 0 aliphatic heterocycles. The van der Waals surface area contributed by atoms with E-state index in [1.165, 1.54) is 11.3 Å². The van der Waals surface area contributed by atoms with Crippen LogP contribution in [0.25, 0.3) is 0 Å². The standard InChI is InChI=1S/C11H17N3O2S/c1-4-14(5-6-15-2)11-10(16-3)9(13)8(7-12)17-11/h4-6,13H2,1-3H3. The van der Waals surface area contributed by atoms with Gasteiger partial charge in [0.2, 0.25) is 0 Å². The average molecular weight is 255 g/mol. The molecule has 1 heterocycles. The second-order valence-electron chi connectivity index (χ2n) is 3.37. The van der Waals surface area contributed by atoms with Gasteiger partial charge in [0, 0.05) is 20.2 Å².